The van der Waals surface area contributed by atoms with E-state index in [0.29, 0.717) is 11.0 Å². The zero-order valence-electron chi connectivity index (χ0n) is 7.39. The van der Waals surface area contributed by atoms with Gasteiger partial charge >= 0.3 is 0 Å². The SMILES string of the molecule is CC(C)C1=CC(Cl)C(O)(Br)C(Cl)=C1. The summed E-state index contributed by atoms with van der Waals surface area (Å²) in [5, 5.41) is 9.56. The molecule has 0 fully saturated rings. The average molecular weight is 286 g/mol. The Morgan fingerprint density at radius 1 is 1.62 bits per heavy atom. The van der Waals surface area contributed by atoms with Crippen molar-refractivity contribution in [3.05, 3.63) is 22.8 Å². The first-order valence-electron chi connectivity index (χ1n) is 4.00. The van der Waals surface area contributed by atoms with Gasteiger partial charge in [-0.05, 0) is 33.5 Å². The van der Waals surface area contributed by atoms with Gasteiger partial charge in [0.1, 0.15) is 0 Å². The molecule has 1 N–H and O–H groups in total. The van der Waals surface area contributed by atoms with Crippen molar-refractivity contribution in [3.8, 4) is 0 Å². The molecular weight excluding hydrogens is 275 g/mol. The lowest BCUT2D eigenvalue weighted by Gasteiger charge is -2.29. The van der Waals surface area contributed by atoms with Crippen LogP contribution >= 0.6 is 39.1 Å². The van der Waals surface area contributed by atoms with Crippen LogP contribution in [0.5, 0.6) is 0 Å². The molecule has 0 aromatic heterocycles. The molecule has 0 heterocycles. The molecule has 1 rings (SSSR count). The van der Waals surface area contributed by atoms with E-state index in [9.17, 15) is 5.11 Å². The standard InChI is InChI=1S/C9H11BrCl2O/c1-5(2)6-3-7(11)9(10,13)8(12)4-6/h3-5,7,13H,1-2H3. The second kappa shape index (κ2) is 3.93. The van der Waals surface area contributed by atoms with Crippen molar-refractivity contribution in [2.75, 3.05) is 0 Å². The predicted octanol–water partition coefficient (Wildman–Crippen LogP) is 3.40. The van der Waals surface area contributed by atoms with E-state index in [1.165, 1.54) is 0 Å². The third kappa shape index (κ3) is 2.30. The monoisotopic (exact) mass is 284 g/mol. The molecule has 0 aliphatic heterocycles. The van der Waals surface area contributed by atoms with E-state index < -0.39 is 9.89 Å². The summed E-state index contributed by atoms with van der Waals surface area (Å²) in [4.78, 5) is 0. The Hall–Kier alpha value is 0.500. The molecule has 4 heteroatoms. The number of halogens is 3. The van der Waals surface area contributed by atoms with Gasteiger partial charge in [0.2, 0.25) is 0 Å². The minimum absolute atomic E-state index is 0.332. The Balaban J connectivity index is 3.01. The third-order valence-electron chi connectivity index (χ3n) is 2.00. The van der Waals surface area contributed by atoms with Crippen molar-refractivity contribution in [2.24, 2.45) is 5.92 Å². The van der Waals surface area contributed by atoms with Crippen molar-refractivity contribution >= 4 is 39.1 Å². The van der Waals surface area contributed by atoms with Crippen LogP contribution in [0.1, 0.15) is 13.8 Å². The second-order valence-electron chi connectivity index (χ2n) is 3.39. The van der Waals surface area contributed by atoms with E-state index in [1.54, 1.807) is 6.08 Å². The van der Waals surface area contributed by atoms with Gasteiger partial charge in [0.25, 0.3) is 0 Å². The van der Waals surface area contributed by atoms with E-state index in [1.807, 2.05) is 6.08 Å². The van der Waals surface area contributed by atoms with Crippen LogP contribution in [0.4, 0.5) is 0 Å². The number of rotatable bonds is 1. The highest BCUT2D eigenvalue weighted by Gasteiger charge is 2.37. The van der Waals surface area contributed by atoms with Crippen LogP contribution in [0.2, 0.25) is 0 Å². The summed E-state index contributed by atoms with van der Waals surface area (Å²) in [6.07, 6.45) is 3.56. The van der Waals surface area contributed by atoms with Crippen molar-refractivity contribution in [2.45, 2.75) is 23.7 Å². The fourth-order valence-corrected chi connectivity index (χ4v) is 1.87. The molecule has 0 spiro atoms. The van der Waals surface area contributed by atoms with E-state index in [-0.39, 0.29) is 0 Å². The molecule has 13 heavy (non-hydrogen) atoms. The molecule has 1 aliphatic carbocycles. The fourth-order valence-electron chi connectivity index (χ4n) is 1.07. The lowest BCUT2D eigenvalue weighted by molar-refractivity contribution is 0.195. The normalized spacial score (nSPS) is 34.5. The van der Waals surface area contributed by atoms with Crippen molar-refractivity contribution in [3.63, 3.8) is 0 Å². The Kier molecular flexibility index (Phi) is 3.50. The van der Waals surface area contributed by atoms with E-state index in [0.717, 1.165) is 5.57 Å². The molecule has 0 saturated heterocycles. The molecule has 0 aromatic rings. The highest BCUT2D eigenvalue weighted by atomic mass is 79.9. The van der Waals surface area contributed by atoms with Crippen LogP contribution < -0.4 is 0 Å². The zero-order chi connectivity index (χ0) is 10.2. The fraction of sp³-hybridized carbons (Fsp3) is 0.556. The van der Waals surface area contributed by atoms with Gasteiger partial charge in [-0.3, -0.25) is 0 Å². The Labute approximate surface area is 96.5 Å². The molecule has 2 unspecified atom stereocenters. The lowest BCUT2D eigenvalue weighted by Crippen LogP contribution is -2.34. The van der Waals surface area contributed by atoms with Crippen molar-refractivity contribution in [1.29, 1.82) is 0 Å². The van der Waals surface area contributed by atoms with Crippen molar-refractivity contribution in [1.82, 2.24) is 0 Å². The third-order valence-corrected chi connectivity index (χ3v) is 4.25. The van der Waals surface area contributed by atoms with Crippen LogP contribution in [-0.4, -0.2) is 15.0 Å². The van der Waals surface area contributed by atoms with Gasteiger partial charge in [-0.1, -0.05) is 31.5 Å². The minimum Gasteiger partial charge on any atom is -0.372 e. The second-order valence-corrected chi connectivity index (χ2v) is 5.48. The summed E-state index contributed by atoms with van der Waals surface area (Å²) in [6, 6.07) is 0. The molecular formula is C9H11BrCl2O. The molecule has 2 atom stereocenters. The van der Waals surface area contributed by atoms with Crippen LogP contribution in [0.15, 0.2) is 22.8 Å². The molecule has 0 saturated carbocycles. The van der Waals surface area contributed by atoms with Crippen LogP contribution in [0, 0.1) is 5.92 Å². The van der Waals surface area contributed by atoms with Gasteiger partial charge in [-0.25, -0.2) is 0 Å². The average Bonchev–Trinajstić information content (AvgIpc) is 2.00. The van der Waals surface area contributed by atoms with Crippen LogP contribution in [0.3, 0.4) is 0 Å². The lowest BCUT2D eigenvalue weighted by atomic mass is 9.95. The molecule has 0 radical (unpaired) electrons. The van der Waals surface area contributed by atoms with Gasteiger partial charge in [0, 0.05) is 0 Å². The first-order valence-corrected chi connectivity index (χ1v) is 5.61. The quantitative estimate of drug-likeness (QED) is 0.732. The smallest absolute Gasteiger partial charge is 0.175 e. The largest absolute Gasteiger partial charge is 0.372 e. The predicted molar refractivity (Wildman–Crippen MR) is 60.4 cm³/mol. The molecule has 74 valence electrons. The maximum atomic E-state index is 9.75. The minimum atomic E-state index is -1.31. The van der Waals surface area contributed by atoms with E-state index >= 15 is 0 Å². The Bertz CT molecular complexity index is 269. The summed E-state index contributed by atoms with van der Waals surface area (Å²) in [5.41, 5.74) is 1.05. The maximum absolute atomic E-state index is 9.75. The Morgan fingerprint density at radius 3 is 2.54 bits per heavy atom. The van der Waals surface area contributed by atoms with Gasteiger partial charge in [-0.2, -0.15) is 0 Å². The van der Waals surface area contributed by atoms with E-state index in [4.69, 9.17) is 23.2 Å². The van der Waals surface area contributed by atoms with Gasteiger partial charge in [0.05, 0.1) is 10.4 Å². The Morgan fingerprint density at radius 2 is 2.15 bits per heavy atom. The summed E-state index contributed by atoms with van der Waals surface area (Å²) < 4.78 is -1.31. The molecule has 1 nitrogen and oxygen atoms in total. The van der Waals surface area contributed by atoms with Gasteiger partial charge in [-0.15, -0.1) is 11.6 Å². The number of hydrogen-bond donors (Lipinski definition) is 1. The van der Waals surface area contributed by atoms with Crippen LogP contribution in [0.25, 0.3) is 0 Å². The summed E-state index contributed by atoms with van der Waals surface area (Å²) in [6.45, 7) is 4.10. The number of hydrogen-bond acceptors (Lipinski definition) is 1. The number of allylic oxidation sites excluding steroid dienone is 2. The van der Waals surface area contributed by atoms with Gasteiger partial charge < -0.3 is 5.11 Å². The summed E-state index contributed by atoms with van der Waals surface area (Å²) in [5.74, 6) is 0.360. The maximum Gasteiger partial charge on any atom is 0.175 e. The molecule has 0 aromatic carbocycles. The molecule has 0 bridgehead atoms. The highest BCUT2D eigenvalue weighted by molar-refractivity contribution is 9.10. The van der Waals surface area contributed by atoms with Crippen LogP contribution in [-0.2, 0) is 0 Å². The first kappa shape index (κ1) is 11.6. The van der Waals surface area contributed by atoms with E-state index in [2.05, 4.69) is 29.8 Å². The topological polar surface area (TPSA) is 20.2 Å². The zero-order valence-corrected chi connectivity index (χ0v) is 10.5. The summed E-state index contributed by atoms with van der Waals surface area (Å²) >= 11 is 14.9. The highest BCUT2D eigenvalue weighted by Crippen LogP contribution is 2.40. The molecule has 0 amide bonds. The first-order chi connectivity index (χ1) is 5.85. The number of alkyl halides is 2. The number of aliphatic hydroxyl groups is 1. The molecule has 1 aliphatic rings. The van der Waals surface area contributed by atoms with Gasteiger partial charge in [0.15, 0.2) is 4.51 Å². The summed E-state index contributed by atoms with van der Waals surface area (Å²) in [7, 11) is 0. The van der Waals surface area contributed by atoms with Crippen molar-refractivity contribution < 1.29 is 5.11 Å².